The van der Waals surface area contributed by atoms with Crippen molar-refractivity contribution in [3.8, 4) is 0 Å². The first-order valence-corrected chi connectivity index (χ1v) is 16.3. The highest BCUT2D eigenvalue weighted by Gasteiger charge is 2.62. The van der Waals surface area contributed by atoms with Crippen molar-refractivity contribution in [2.24, 2.45) is 0 Å². The second-order valence-electron chi connectivity index (χ2n) is 9.58. The van der Waals surface area contributed by atoms with Crippen LogP contribution in [0.2, 0.25) is 30.2 Å². The second-order valence-corrected chi connectivity index (χ2v) is 23.4. The van der Waals surface area contributed by atoms with Crippen LogP contribution in [0, 0.1) is 0 Å². The molecule has 0 spiro atoms. The lowest BCUT2D eigenvalue weighted by Gasteiger charge is -2.60. The van der Waals surface area contributed by atoms with E-state index in [1.807, 2.05) is 0 Å². The third-order valence-corrected chi connectivity index (χ3v) is 26.1. The number of hydrogen-bond donors (Lipinski definition) is 0. The molecule has 2 aliphatic carbocycles. The van der Waals surface area contributed by atoms with E-state index in [-0.39, 0.29) is 5.60 Å². The first-order chi connectivity index (χ1) is 10.4. The Hall–Kier alpha value is 0.394. The predicted molar refractivity (Wildman–Crippen MR) is 101 cm³/mol. The number of hydrogen-bond acceptors (Lipinski definition) is 1. The van der Waals surface area contributed by atoms with E-state index in [2.05, 4.69) is 26.9 Å². The molecule has 3 aliphatic rings. The van der Waals surface area contributed by atoms with Crippen molar-refractivity contribution in [2.45, 2.75) is 120 Å². The molecular weight excluding hydrogens is 300 g/mol. The lowest BCUT2D eigenvalue weighted by atomic mass is 9.99. The second kappa shape index (κ2) is 6.36. The quantitative estimate of drug-likeness (QED) is 0.516. The van der Waals surface area contributed by atoms with Crippen molar-refractivity contribution < 1.29 is 4.43 Å². The molecule has 3 fully saturated rings. The average molecular weight is 339 g/mol. The molecule has 128 valence electrons. The van der Waals surface area contributed by atoms with E-state index in [0.717, 1.165) is 11.1 Å². The van der Waals surface area contributed by atoms with Crippen molar-refractivity contribution in [1.82, 2.24) is 0 Å². The van der Waals surface area contributed by atoms with Gasteiger partial charge in [-0.1, -0.05) is 70.3 Å². The summed E-state index contributed by atoms with van der Waals surface area (Å²) in [5.74, 6) is 0. The zero-order chi connectivity index (χ0) is 15.8. The Morgan fingerprint density at radius 2 is 1.23 bits per heavy atom. The smallest absolute Gasteiger partial charge is 0.175 e. The molecule has 22 heavy (non-hydrogen) atoms. The minimum absolute atomic E-state index is 0.162. The maximum Gasteiger partial charge on any atom is 0.175 e. The molecule has 0 bridgehead atoms. The lowest BCUT2D eigenvalue weighted by Crippen LogP contribution is -2.71. The maximum absolute atomic E-state index is 6.98. The highest BCUT2D eigenvalue weighted by atomic mass is 29.3. The van der Waals surface area contributed by atoms with Crippen LogP contribution in [0.4, 0.5) is 0 Å². The highest BCUT2D eigenvalue weighted by molar-refractivity contribution is 7.40. The molecule has 1 nitrogen and oxygen atoms in total. The van der Waals surface area contributed by atoms with E-state index >= 15 is 0 Å². The van der Waals surface area contributed by atoms with E-state index in [1.54, 1.807) is 31.7 Å². The molecule has 1 saturated heterocycles. The lowest BCUT2D eigenvalue weighted by molar-refractivity contribution is 0.0912. The van der Waals surface area contributed by atoms with Crippen LogP contribution in [0.3, 0.4) is 0 Å². The minimum Gasteiger partial charge on any atom is -0.415 e. The fourth-order valence-corrected chi connectivity index (χ4v) is 27.4. The monoisotopic (exact) mass is 338 g/mol. The molecule has 3 rings (SSSR count). The zero-order valence-corrected chi connectivity index (χ0v) is 17.5. The van der Waals surface area contributed by atoms with Crippen LogP contribution in [-0.2, 0) is 4.43 Å². The van der Waals surface area contributed by atoms with Gasteiger partial charge in [0.2, 0.25) is 0 Å². The van der Waals surface area contributed by atoms with Crippen LogP contribution in [-0.4, -0.2) is 21.0 Å². The molecule has 0 aromatic heterocycles. The summed E-state index contributed by atoms with van der Waals surface area (Å²) in [4.78, 5) is 0. The van der Waals surface area contributed by atoms with Gasteiger partial charge in [0.05, 0.1) is 13.2 Å². The van der Waals surface area contributed by atoms with Crippen molar-refractivity contribution in [3.63, 3.8) is 0 Å². The van der Waals surface area contributed by atoms with E-state index < -0.39 is 15.4 Å². The van der Waals surface area contributed by atoms with Gasteiger partial charge in [0.25, 0.3) is 0 Å². The summed E-state index contributed by atoms with van der Waals surface area (Å²) in [6.45, 7) is 10.0. The maximum atomic E-state index is 6.98. The molecule has 0 aromatic rings. The third kappa shape index (κ3) is 3.02. The van der Waals surface area contributed by atoms with Crippen LogP contribution >= 0.6 is 0 Å². The predicted octanol–water partition coefficient (Wildman–Crippen LogP) is 6.59. The molecule has 1 aliphatic heterocycles. The van der Waals surface area contributed by atoms with Gasteiger partial charge in [0, 0.05) is 0 Å². The fourth-order valence-electron chi connectivity index (χ4n) is 6.61. The van der Waals surface area contributed by atoms with E-state index in [4.69, 9.17) is 4.43 Å². The minimum atomic E-state index is -1.54. The summed E-state index contributed by atoms with van der Waals surface area (Å²) in [6, 6.07) is 1.61. The van der Waals surface area contributed by atoms with Gasteiger partial charge in [-0.2, -0.15) is 0 Å². The Balaban J connectivity index is 1.94. The van der Waals surface area contributed by atoms with Crippen molar-refractivity contribution >= 4 is 15.4 Å². The normalized spacial score (nSPS) is 32.7. The summed E-state index contributed by atoms with van der Waals surface area (Å²) in [5.41, 5.74) is 2.39. The molecule has 0 N–H and O–H groups in total. The van der Waals surface area contributed by atoms with Gasteiger partial charge in [0.1, 0.15) is 0 Å². The SMILES string of the molecule is CC1(C)CC[Si](C2CCCCC2)(C2CCCCC2)[Si](C)(C)O1. The fraction of sp³-hybridized carbons (Fsp3) is 1.00. The summed E-state index contributed by atoms with van der Waals surface area (Å²) < 4.78 is 6.98. The molecule has 3 heteroatoms. The molecule has 0 unspecified atom stereocenters. The molecule has 0 radical (unpaired) electrons. The summed E-state index contributed by atoms with van der Waals surface area (Å²) >= 11 is 0. The topological polar surface area (TPSA) is 9.23 Å². The van der Waals surface area contributed by atoms with Gasteiger partial charge >= 0.3 is 0 Å². The molecule has 2 saturated carbocycles. The van der Waals surface area contributed by atoms with Crippen LogP contribution in [0.5, 0.6) is 0 Å². The zero-order valence-electron chi connectivity index (χ0n) is 15.5. The highest BCUT2D eigenvalue weighted by Crippen LogP contribution is 2.57. The Labute approximate surface area is 140 Å². The standard InChI is InChI=1S/C19H38OSi2/c1-19(2)15-16-22(21(3,4)20-19,17-11-7-5-8-12-17)18-13-9-6-10-14-18/h17-18H,5-16H2,1-4H3. The largest absolute Gasteiger partial charge is 0.415 e. The Bertz CT molecular complexity index is 361. The summed E-state index contributed by atoms with van der Waals surface area (Å²) in [7, 11) is -2.82. The van der Waals surface area contributed by atoms with Gasteiger partial charge in [-0.05, 0) is 44.4 Å². The van der Waals surface area contributed by atoms with Crippen LogP contribution in [0.15, 0.2) is 0 Å². The van der Waals surface area contributed by atoms with Gasteiger partial charge in [-0.3, -0.25) is 0 Å². The average Bonchev–Trinajstić information content (AvgIpc) is 2.48. The van der Waals surface area contributed by atoms with Gasteiger partial charge in [-0.15, -0.1) is 0 Å². The molecule has 0 amide bonds. The van der Waals surface area contributed by atoms with Gasteiger partial charge in [-0.25, -0.2) is 0 Å². The van der Waals surface area contributed by atoms with Crippen molar-refractivity contribution in [1.29, 1.82) is 0 Å². The Morgan fingerprint density at radius 3 is 1.64 bits per heavy atom. The van der Waals surface area contributed by atoms with E-state index in [1.165, 1.54) is 44.9 Å². The van der Waals surface area contributed by atoms with Crippen molar-refractivity contribution in [2.75, 3.05) is 0 Å². The number of rotatable bonds is 2. The summed E-state index contributed by atoms with van der Waals surface area (Å²) in [5, 5.41) is 0. The first kappa shape index (κ1) is 17.2. The molecule has 1 heterocycles. The molecule has 0 aromatic carbocycles. The Kier molecular flexibility index (Phi) is 4.98. The van der Waals surface area contributed by atoms with Gasteiger partial charge < -0.3 is 4.43 Å². The molecule has 0 atom stereocenters. The van der Waals surface area contributed by atoms with Crippen LogP contribution in [0.1, 0.15) is 84.5 Å². The first-order valence-electron chi connectivity index (χ1n) is 10.1. The van der Waals surface area contributed by atoms with Crippen LogP contribution < -0.4 is 0 Å². The summed E-state index contributed by atoms with van der Waals surface area (Å²) in [6.07, 6.45) is 16.6. The third-order valence-electron chi connectivity index (χ3n) is 7.46. The van der Waals surface area contributed by atoms with Crippen LogP contribution in [0.25, 0.3) is 0 Å². The van der Waals surface area contributed by atoms with Crippen molar-refractivity contribution in [3.05, 3.63) is 0 Å². The van der Waals surface area contributed by atoms with E-state index in [9.17, 15) is 0 Å². The Morgan fingerprint density at radius 1 is 0.773 bits per heavy atom. The molecular formula is C19H38OSi2. The van der Waals surface area contributed by atoms with E-state index in [0.29, 0.717) is 0 Å². The van der Waals surface area contributed by atoms with Gasteiger partial charge in [0.15, 0.2) is 7.83 Å².